The Hall–Kier alpha value is -5.13. The van der Waals surface area contributed by atoms with Gasteiger partial charge < -0.3 is 10.1 Å². The molecule has 5 aromatic rings. The predicted molar refractivity (Wildman–Crippen MR) is 139 cm³/mol. The average molecular weight is 534 g/mol. The van der Waals surface area contributed by atoms with Crippen molar-refractivity contribution in [3.63, 3.8) is 0 Å². The summed E-state index contributed by atoms with van der Waals surface area (Å²) in [5, 5.41) is 14.3. The van der Waals surface area contributed by atoms with E-state index in [2.05, 4.69) is 30.6 Å². The van der Waals surface area contributed by atoms with Gasteiger partial charge in [0.1, 0.15) is 17.9 Å². The molecule has 2 N–H and O–H groups in total. The SMILES string of the molecule is Cc1ccc(C)c(-n2nccc2NC(=O)Nc2ccc(-c3ncn(-c4ccc(OC(F)(F)F)cc4)n3)cc2)c1. The molecule has 0 bridgehead atoms. The van der Waals surface area contributed by atoms with Gasteiger partial charge in [0, 0.05) is 17.3 Å². The maximum Gasteiger partial charge on any atom is 0.573 e. The number of urea groups is 1. The molecule has 5 rings (SSSR count). The largest absolute Gasteiger partial charge is 0.573 e. The third kappa shape index (κ3) is 6.06. The number of ether oxygens (including phenoxy) is 1. The van der Waals surface area contributed by atoms with Crippen LogP contribution in [0.2, 0.25) is 0 Å². The van der Waals surface area contributed by atoms with Crippen molar-refractivity contribution in [3.05, 3.63) is 96.4 Å². The van der Waals surface area contributed by atoms with Gasteiger partial charge in [0.25, 0.3) is 0 Å². The fourth-order valence-corrected chi connectivity index (χ4v) is 3.84. The van der Waals surface area contributed by atoms with Crippen LogP contribution in [-0.4, -0.2) is 36.9 Å². The summed E-state index contributed by atoms with van der Waals surface area (Å²) in [7, 11) is 0. The highest BCUT2D eigenvalue weighted by Crippen LogP contribution is 2.25. The summed E-state index contributed by atoms with van der Waals surface area (Å²) in [6, 6.07) is 19.5. The highest BCUT2D eigenvalue weighted by atomic mass is 19.4. The fourth-order valence-electron chi connectivity index (χ4n) is 3.84. The molecule has 2 heterocycles. The number of amides is 2. The quantitative estimate of drug-likeness (QED) is 0.268. The normalized spacial score (nSPS) is 11.3. The molecule has 0 atom stereocenters. The van der Waals surface area contributed by atoms with Crippen LogP contribution in [0, 0.1) is 13.8 Å². The molecule has 0 spiro atoms. The van der Waals surface area contributed by atoms with Crippen LogP contribution < -0.4 is 15.4 Å². The molecule has 0 saturated heterocycles. The fraction of sp³-hybridized carbons (Fsp3) is 0.111. The molecule has 0 radical (unpaired) electrons. The van der Waals surface area contributed by atoms with E-state index >= 15 is 0 Å². The summed E-state index contributed by atoms with van der Waals surface area (Å²) in [4.78, 5) is 16.9. The lowest BCUT2D eigenvalue weighted by atomic mass is 10.1. The molecule has 0 aliphatic carbocycles. The molecule has 0 aliphatic rings. The van der Waals surface area contributed by atoms with E-state index in [-0.39, 0.29) is 5.75 Å². The van der Waals surface area contributed by atoms with E-state index in [1.165, 1.54) is 35.3 Å². The van der Waals surface area contributed by atoms with Crippen molar-refractivity contribution >= 4 is 17.5 Å². The predicted octanol–water partition coefficient (Wildman–Crippen LogP) is 6.28. The van der Waals surface area contributed by atoms with Crippen LogP contribution in [0.1, 0.15) is 11.1 Å². The lowest BCUT2D eigenvalue weighted by Gasteiger charge is -2.12. The first-order valence-electron chi connectivity index (χ1n) is 11.7. The minimum absolute atomic E-state index is 0.326. The molecular weight excluding hydrogens is 511 g/mol. The van der Waals surface area contributed by atoms with Crippen molar-refractivity contribution in [1.29, 1.82) is 0 Å². The van der Waals surface area contributed by atoms with Gasteiger partial charge >= 0.3 is 12.4 Å². The van der Waals surface area contributed by atoms with Gasteiger partial charge in [-0.15, -0.1) is 18.3 Å². The van der Waals surface area contributed by atoms with E-state index in [1.807, 2.05) is 32.0 Å². The van der Waals surface area contributed by atoms with Crippen LogP contribution in [0.15, 0.2) is 85.3 Å². The Bertz CT molecular complexity index is 1610. The van der Waals surface area contributed by atoms with Crippen molar-refractivity contribution in [2.45, 2.75) is 20.2 Å². The maximum atomic E-state index is 12.7. The molecule has 198 valence electrons. The number of alkyl halides is 3. The number of nitrogens with one attached hydrogen (secondary N) is 2. The number of nitrogens with zero attached hydrogens (tertiary/aromatic N) is 5. The van der Waals surface area contributed by atoms with Crippen LogP contribution >= 0.6 is 0 Å². The summed E-state index contributed by atoms with van der Waals surface area (Å²) < 4.78 is 44.1. The number of rotatable bonds is 6. The molecule has 0 fully saturated rings. The molecule has 0 unspecified atom stereocenters. The lowest BCUT2D eigenvalue weighted by Crippen LogP contribution is -2.21. The third-order valence-electron chi connectivity index (χ3n) is 5.70. The summed E-state index contributed by atoms with van der Waals surface area (Å²) in [5.41, 5.74) is 4.72. The molecule has 39 heavy (non-hydrogen) atoms. The van der Waals surface area contributed by atoms with Gasteiger partial charge in [0.15, 0.2) is 5.82 Å². The minimum atomic E-state index is -4.76. The van der Waals surface area contributed by atoms with E-state index in [1.54, 1.807) is 41.2 Å². The lowest BCUT2D eigenvalue weighted by molar-refractivity contribution is -0.274. The van der Waals surface area contributed by atoms with E-state index < -0.39 is 12.4 Å². The topological polar surface area (TPSA) is 98.9 Å². The second kappa shape index (κ2) is 10.3. The van der Waals surface area contributed by atoms with Crippen molar-refractivity contribution in [2.75, 3.05) is 10.6 Å². The number of anilines is 2. The van der Waals surface area contributed by atoms with Crippen LogP contribution in [0.3, 0.4) is 0 Å². The number of carbonyl (C=O) groups excluding carboxylic acids is 1. The number of halogens is 3. The Labute approximate surface area is 220 Å². The Morgan fingerprint density at radius 1 is 0.923 bits per heavy atom. The Morgan fingerprint density at radius 2 is 1.67 bits per heavy atom. The zero-order chi connectivity index (χ0) is 27.6. The molecule has 0 aliphatic heterocycles. The van der Waals surface area contributed by atoms with Gasteiger partial charge in [-0.2, -0.15) is 5.10 Å². The molecule has 3 aromatic carbocycles. The van der Waals surface area contributed by atoms with Gasteiger partial charge in [-0.05, 0) is 79.6 Å². The van der Waals surface area contributed by atoms with Gasteiger partial charge in [0.2, 0.25) is 0 Å². The number of carbonyl (C=O) groups is 1. The standard InChI is InChI=1S/C27H22F3N7O2/c1-17-3-4-18(2)23(15-17)37-24(13-14-32-37)34-26(38)33-20-7-5-19(6-8-20)25-31-16-36(35-25)21-9-11-22(12-10-21)39-27(28,29)30/h3-16H,1-2H3,(H2,33,34,38). The monoisotopic (exact) mass is 533 g/mol. The zero-order valence-electron chi connectivity index (χ0n) is 20.8. The third-order valence-corrected chi connectivity index (χ3v) is 5.70. The first-order valence-corrected chi connectivity index (χ1v) is 11.7. The summed E-state index contributed by atoms with van der Waals surface area (Å²) in [6.07, 6.45) is -1.69. The Morgan fingerprint density at radius 3 is 2.38 bits per heavy atom. The summed E-state index contributed by atoms with van der Waals surface area (Å²) in [6.45, 7) is 3.97. The van der Waals surface area contributed by atoms with Crippen molar-refractivity contribution in [1.82, 2.24) is 24.5 Å². The van der Waals surface area contributed by atoms with Gasteiger partial charge in [0.05, 0.1) is 17.6 Å². The second-order valence-electron chi connectivity index (χ2n) is 8.63. The summed E-state index contributed by atoms with van der Waals surface area (Å²) >= 11 is 0. The number of aromatic nitrogens is 5. The first-order chi connectivity index (χ1) is 18.6. The average Bonchev–Trinajstić information content (AvgIpc) is 3.56. The highest BCUT2D eigenvalue weighted by molar-refractivity contribution is 5.99. The Kier molecular flexibility index (Phi) is 6.75. The number of hydrogen-bond donors (Lipinski definition) is 2. The van der Waals surface area contributed by atoms with Crippen LogP contribution in [0.25, 0.3) is 22.8 Å². The molecule has 9 nitrogen and oxygen atoms in total. The maximum absolute atomic E-state index is 12.7. The van der Waals surface area contributed by atoms with Gasteiger partial charge in [-0.3, -0.25) is 5.32 Å². The highest BCUT2D eigenvalue weighted by Gasteiger charge is 2.31. The molecule has 12 heteroatoms. The van der Waals surface area contributed by atoms with Crippen molar-refractivity contribution < 1.29 is 22.7 Å². The summed E-state index contributed by atoms with van der Waals surface area (Å²) in [5.74, 6) is 0.595. The number of hydrogen-bond acceptors (Lipinski definition) is 5. The number of aryl methyl sites for hydroxylation is 2. The molecular formula is C27H22F3N7O2. The van der Waals surface area contributed by atoms with E-state index in [9.17, 15) is 18.0 Å². The Balaban J connectivity index is 1.23. The zero-order valence-corrected chi connectivity index (χ0v) is 20.8. The molecule has 2 aromatic heterocycles. The van der Waals surface area contributed by atoms with Crippen LogP contribution in [-0.2, 0) is 0 Å². The van der Waals surface area contributed by atoms with Gasteiger partial charge in [-0.1, -0.05) is 12.1 Å². The van der Waals surface area contributed by atoms with Crippen LogP contribution in [0.4, 0.5) is 29.5 Å². The van der Waals surface area contributed by atoms with E-state index in [0.29, 0.717) is 28.6 Å². The van der Waals surface area contributed by atoms with Crippen LogP contribution in [0.5, 0.6) is 5.75 Å². The minimum Gasteiger partial charge on any atom is -0.406 e. The smallest absolute Gasteiger partial charge is 0.406 e. The first kappa shape index (κ1) is 25.5. The van der Waals surface area contributed by atoms with Crippen molar-refractivity contribution in [2.24, 2.45) is 0 Å². The van der Waals surface area contributed by atoms with E-state index in [0.717, 1.165) is 16.8 Å². The van der Waals surface area contributed by atoms with Gasteiger partial charge in [-0.25, -0.2) is 19.1 Å². The second-order valence-corrected chi connectivity index (χ2v) is 8.63. The molecule has 0 saturated carbocycles. The molecule has 2 amide bonds. The van der Waals surface area contributed by atoms with E-state index in [4.69, 9.17) is 0 Å². The van der Waals surface area contributed by atoms with Crippen molar-refractivity contribution in [3.8, 4) is 28.5 Å². The number of benzene rings is 3.